The van der Waals surface area contributed by atoms with Gasteiger partial charge >= 0.3 is 0 Å². The molecule has 4 heterocycles. The lowest BCUT2D eigenvalue weighted by molar-refractivity contribution is 0.0888. The molecule has 2 atom stereocenters. The van der Waals surface area contributed by atoms with Crippen LogP contribution in [-0.4, -0.2) is 85.0 Å². The van der Waals surface area contributed by atoms with E-state index in [0.717, 1.165) is 5.52 Å². The Labute approximate surface area is 245 Å². The number of aliphatic hydroxyl groups excluding tert-OH is 1. The fourth-order valence-electron chi connectivity index (χ4n) is 5.46. The van der Waals surface area contributed by atoms with Crippen molar-refractivity contribution in [2.75, 3.05) is 33.4 Å². The Balaban J connectivity index is 1.37. The predicted molar refractivity (Wildman–Crippen MR) is 155 cm³/mol. The number of piperidine rings is 1. The van der Waals surface area contributed by atoms with Crippen LogP contribution < -0.4 is 10.1 Å². The molecular weight excluding hydrogens is 563 g/mol. The highest BCUT2D eigenvalue weighted by Crippen LogP contribution is 2.35. The molecule has 13 heteroatoms. The SMILES string of the molecule is CN1C[C@H](NC(=O)c2cc(Cl)ccc2OCCO)C[C@H](n2c(-c3ccccc3F)nc3cnc(-c4ncn[nH]4)cc32)C1. The van der Waals surface area contributed by atoms with Crippen LogP contribution in [0.15, 0.2) is 61.1 Å². The third kappa shape index (κ3) is 5.56. The van der Waals surface area contributed by atoms with Gasteiger partial charge in [-0.3, -0.25) is 14.9 Å². The number of H-pyrrole nitrogens is 1. The largest absolute Gasteiger partial charge is 0.490 e. The first-order valence-electron chi connectivity index (χ1n) is 13.4. The van der Waals surface area contributed by atoms with E-state index in [1.165, 1.54) is 12.4 Å². The molecular formula is C29H28ClFN8O3. The summed E-state index contributed by atoms with van der Waals surface area (Å²) in [6.45, 7) is 1.10. The molecule has 2 aromatic carbocycles. The van der Waals surface area contributed by atoms with Crippen LogP contribution in [0.1, 0.15) is 22.8 Å². The van der Waals surface area contributed by atoms with Crippen molar-refractivity contribution in [3.63, 3.8) is 0 Å². The standard InChI is InChI=1S/C29H28ClFN8O3/c1-38-14-18(35-29(41)21-10-17(30)6-7-26(21)42-9-8-40)11-19(15-38)39-25-12-23(27-33-16-34-37-27)32-13-24(25)36-28(39)20-4-2-3-5-22(20)31/h2-7,10,12-13,16,18-19,40H,8-9,11,14-15H2,1H3,(H,35,41)(H,33,34,37)/t18-,19+/m1/s1. The fraction of sp³-hybridized carbons (Fsp3) is 0.276. The number of hydrogen-bond acceptors (Lipinski definition) is 8. The number of aromatic amines is 1. The van der Waals surface area contributed by atoms with E-state index in [1.54, 1.807) is 42.6 Å². The van der Waals surface area contributed by atoms with Crippen LogP contribution in [0.25, 0.3) is 33.9 Å². The van der Waals surface area contributed by atoms with Crippen LogP contribution in [0.3, 0.4) is 0 Å². The number of likely N-dealkylation sites (N-methyl/N-ethyl adjacent to an activating group) is 1. The van der Waals surface area contributed by atoms with Crippen molar-refractivity contribution in [1.82, 2.24) is 39.9 Å². The van der Waals surface area contributed by atoms with Gasteiger partial charge in [0.15, 0.2) is 5.82 Å². The number of imidazole rings is 1. The zero-order valence-corrected chi connectivity index (χ0v) is 23.4. The molecule has 5 aromatic rings. The third-order valence-electron chi connectivity index (χ3n) is 7.19. The van der Waals surface area contributed by atoms with E-state index >= 15 is 4.39 Å². The Kier molecular flexibility index (Phi) is 7.83. The van der Waals surface area contributed by atoms with E-state index in [4.69, 9.17) is 21.3 Å². The number of likely N-dealkylation sites (tertiary alicyclic amines) is 1. The number of halogens is 2. The predicted octanol–water partition coefficient (Wildman–Crippen LogP) is 3.72. The minimum atomic E-state index is -0.386. The van der Waals surface area contributed by atoms with Crippen LogP contribution in [-0.2, 0) is 0 Å². The van der Waals surface area contributed by atoms with Gasteiger partial charge in [0, 0.05) is 24.2 Å². The normalized spacial score (nSPS) is 17.4. The summed E-state index contributed by atoms with van der Waals surface area (Å²) in [7, 11) is 1.98. The number of benzene rings is 2. The molecule has 1 saturated heterocycles. The molecule has 0 bridgehead atoms. The first kappa shape index (κ1) is 27.8. The highest BCUT2D eigenvalue weighted by molar-refractivity contribution is 6.31. The van der Waals surface area contributed by atoms with Gasteiger partial charge in [-0.05, 0) is 49.9 Å². The van der Waals surface area contributed by atoms with Crippen LogP contribution in [0.4, 0.5) is 4.39 Å². The third-order valence-corrected chi connectivity index (χ3v) is 7.43. The van der Waals surface area contributed by atoms with Crippen molar-refractivity contribution in [1.29, 1.82) is 0 Å². The highest BCUT2D eigenvalue weighted by atomic mass is 35.5. The number of rotatable bonds is 8. The number of carbonyl (C=O) groups is 1. The molecule has 0 spiro atoms. The van der Waals surface area contributed by atoms with Crippen molar-refractivity contribution in [2.45, 2.75) is 18.5 Å². The molecule has 216 valence electrons. The second kappa shape index (κ2) is 11.8. The quantitative estimate of drug-likeness (QED) is 0.249. The molecule has 1 fully saturated rings. The number of hydrogen-bond donors (Lipinski definition) is 3. The molecule has 11 nitrogen and oxygen atoms in total. The number of nitrogens with zero attached hydrogens (tertiary/aromatic N) is 6. The summed E-state index contributed by atoms with van der Waals surface area (Å²) in [6, 6.07) is 12.8. The van der Waals surface area contributed by atoms with Crippen molar-refractivity contribution in [3.8, 4) is 28.7 Å². The fourth-order valence-corrected chi connectivity index (χ4v) is 5.64. The Morgan fingerprint density at radius 2 is 2.07 bits per heavy atom. The summed E-state index contributed by atoms with van der Waals surface area (Å²) in [5, 5.41) is 19.5. The number of aromatic nitrogens is 6. The number of amides is 1. The highest BCUT2D eigenvalue weighted by Gasteiger charge is 2.32. The summed E-state index contributed by atoms with van der Waals surface area (Å²) < 4.78 is 22.7. The summed E-state index contributed by atoms with van der Waals surface area (Å²) in [5.74, 6) is 0.582. The number of carbonyl (C=O) groups excluding carboxylic acids is 1. The van der Waals surface area contributed by atoms with Crippen LogP contribution >= 0.6 is 11.6 Å². The number of nitrogens with one attached hydrogen (secondary N) is 2. The van der Waals surface area contributed by atoms with E-state index in [9.17, 15) is 9.90 Å². The monoisotopic (exact) mass is 590 g/mol. The lowest BCUT2D eigenvalue weighted by Crippen LogP contribution is -2.50. The van der Waals surface area contributed by atoms with E-state index in [-0.39, 0.29) is 42.6 Å². The van der Waals surface area contributed by atoms with Crippen LogP contribution in [0.5, 0.6) is 5.75 Å². The minimum Gasteiger partial charge on any atom is -0.490 e. The Hall–Kier alpha value is -4.39. The zero-order chi connectivity index (χ0) is 29.2. The maximum atomic E-state index is 15.1. The molecule has 0 saturated carbocycles. The molecule has 42 heavy (non-hydrogen) atoms. The van der Waals surface area contributed by atoms with E-state index < -0.39 is 0 Å². The van der Waals surface area contributed by atoms with E-state index in [2.05, 4.69) is 30.4 Å². The van der Waals surface area contributed by atoms with Gasteiger partial charge in [0.05, 0.1) is 35.5 Å². The number of pyridine rings is 1. The Bertz CT molecular complexity index is 1730. The van der Waals surface area contributed by atoms with Crippen LogP contribution in [0, 0.1) is 5.82 Å². The van der Waals surface area contributed by atoms with Gasteiger partial charge in [0.25, 0.3) is 5.91 Å². The van der Waals surface area contributed by atoms with Gasteiger partial charge in [-0.25, -0.2) is 14.4 Å². The molecule has 1 aliphatic heterocycles. The average Bonchev–Trinajstić information content (AvgIpc) is 3.64. The van der Waals surface area contributed by atoms with Gasteiger partial charge in [0.1, 0.15) is 41.5 Å². The van der Waals surface area contributed by atoms with Crippen molar-refractivity contribution in [2.24, 2.45) is 0 Å². The molecule has 0 radical (unpaired) electrons. The van der Waals surface area contributed by atoms with Crippen molar-refractivity contribution < 1.29 is 19.0 Å². The van der Waals surface area contributed by atoms with Crippen LogP contribution in [0.2, 0.25) is 5.02 Å². The molecule has 3 N–H and O–H groups in total. The average molecular weight is 591 g/mol. The first-order valence-corrected chi connectivity index (χ1v) is 13.8. The molecule has 1 aliphatic rings. The number of aliphatic hydroxyl groups is 1. The number of fused-ring (bicyclic) bond motifs is 1. The molecule has 0 aliphatic carbocycles. The smallest absolute Gasteiger partial charge is 0.255 e. The minimum absolute atomic E-state index is 0.0492. The maximum Gasteiger partial charge on any atom is 0.255 e. The van der Waals surface area contributed by atoms with Gasteiger partial charge in [-0.15, -0.1) is 0 Å². The maximum absolute atomic E-state index is 15.1. The van der Waals surface area contributed by atoms with Crippen molar-refractivity contribution in [3.05, 3.63) is 77.5 Å². The summed E-state index contributed by atoms with van der Waals surface area (Å²) >= 11 is 6.20. The van der Waals surface area contributed by atoms with Gasteiger partial charge in [-0.2, -0.15) is 5.10 Å². The second-order valence-electron chi connectivity index (χ2n) is 10.2. The van der Waals surface area contributed by atoms with E-state index in [1.807, 2.05) is 17.7 Å². The summed E-state index contributed by atoms with van der Waals surface area (Å²) in [6.07, 6.45) is 3.61. The van der Waals surface area contributed by atoms with Gasteiger partial charge < -0.3 is 24.6 Å². The second-order valence-corrected chi connectivity index (χ2v) is 10.6. The van der Waals surface area contributed by atoms with Gasteiger partial charge in [-0.1, -0.05) is 23.7 Å². The lowest BCUT2D eigenvalue weighted by atomic mass is 9.99. The number of ether oxygens (including phenoxy) is 1. The van der Waals surface area contributed by atoms with Crippen molar-refractivity contribution >= 4 is 28.5 Å². The lowest BCUT2D eigenvalue weighted by Gasteiger charge is -2.37. The van der Waals surface area contributed by atoms with Gasteiger partial charge in [0.2, 0.25) is 0 Å². The Morgan fingerprint density at radius 3 is 2.86 bits per heavy atom. The topological polar surface area (TPSA) is 134 Å². The first-order chi connectivity index (χ1) is 20.4. The summed E-state index contributed by atoms with van der Waals surface area (Å²) in [4.78, 5) is 29.1. The zero-order valence-electron chi connectivity index (χ0n) is 22.7. The molecule has 6 rings (SSSR count). The molecule has 1 amide bonds. The molecule has 3 aromatic heterocycles. The van der Waals surface area contributed by atoms with E-state index in [0.29, 0.717) is 58.7 Å². The summed E-state index contributed by atoms with van der Waals surface area (Å²) in [5.41, 5.74) is 2.59. The Morgan fingerprint density at radius 1 is 1.21 bits per heavy atom. The molecule has 0 unspecified atom stereocenters.